The van der Waals surface area contributed by atoms with Gasteiger partial charge in [-0.3, -0.25) is 0 Å². The number of hydrogen-bond donors (Lipinski definition) is 1. The molecular formula is C22H27ClN2O5S. The first kappa shape index (κ1) is 24.7. The molecule has 0 radical (unpaired) electrons. The third kappa shape index (κ3) is 4.28. The van der Waals surface area contributed by atoms with Gasteiger partial charge in [-0.25, -0.2) is 13.2 Å². The molecule has 2 aromatic carbocycles. The molecule has 0 aliphatic carbocycles. The Labute approximate surface area is 188 Å². The normalized spacial score (nSPS) is 11.5. The van der Waals surface area contributed by atoms with E-state index >= 15 is 0 Å². The monoisotopic (exact) mass is 466 g/mol. The van der Waals surface area contributed by atoms with E-state index in [2.05, 4.69) is 0 Å². The highest BCUT2D eigenvalue weighted by Gasteiger charge is 2.32. The third-order valence-electron chi connectivity index (χ3n) is 5.08. The molecule has 168 valence electrons. The van der Waals surface area contributed by atoms with Gasteiger partial charge in [0.15, 0.2) is 0 Å². The maximum Gasteiger partial charge on any atom is 0.340 e. The zero-order valence-electron chi connectivity index (χ0n) is 18.2. The third-order valence-corrected chi connectivity index (χ3v) is 6.91. The second kappa shape index (κ2) is 9.30. The highest BCUT2D eigenvalue weighted by atomic mass is 35.5. The highest BCUT2D eigenvalue weighted by Crippen LogP contribution is 2.42. The first-order chi connectivity index (χ1) is 14.1. The minimum atomic E-state index is -4.12. The number of nitrogens with zero attached hydrogens (tertiary/aromatic N) is 2. The summed E-state index contributed by atoms with van der Waals surface area (Å²) in [6, 6.07) is 9.62. The van der Waals surface area contributed by atoms with Gasteiger partial charge in [-0.2, -0.15) is 0 Å². The molecule has 0 atom stereocenters. The second-order valence-electron chi connectivity index (χ2n) is 7.40. The van der Waals surface area contributed by atoms with Gasteiger partial charge in [0.25, 0.3) is 0 Å². The van der Waals surface area contributed by atoms with E-state index in [4.69, 9.17) is 4.74 Å². The van der Waals surface area contributed by atoms with Crippen molar-refractivity contribution >= 4 is 39.1 Å². The van der Waals surface area contributed by atoms with Crippen molar-refractivity contribution in [3.63, 3.8) is 0 Å². The zero-order chi connectivity index (χ0) is 22.2. The molecule has 3 rings (SSSR count). The lowest BCUT2D eigenvalue weighted by Crippen LogP contribution is -2.13. The van der Waals surface area contributed by atoms with Crippen LogP contribution in [-0.4, -0.2) is 49.7 Å². The van der Waals surface area contributed by atoms with Crippen molar-refractivity contribution in [3.8, 4) is 5.75 Å². The van der Waals surface area contributed by atoms with Crippen molar-refractivity contribution in [1.29, 1.82) is 0 Å². The Hall–Kier alpha value is -2.55. The topological polar surface area (TPSA) is 88.8 Å². The minimum absolute atomic E-state index is 0. The number of halogens is 1. The molecular weight excluding hydrogens is 440 g/mol. The Morgan fingerprint density at radius 3 is 2.35 bits per heavy atom. The lowest BCUT2D eigenvalue weighted by Gasteiger charge is -2.16. The average Bonchev–Trinajstić information content (AvgIpc) is 2.93. The van der Waals surface area contributed by atoms with Crippen molar-refractivity contribution in [2.75, 3.05) is 20.7 Å². The number of hydrogen-bond acceptors (Lipinski definition) is 6. The molecule has 0 aliphatic heterocycles. The first-order valence-electron chi connectivity index (χ1n) is 9.57. The molecule has 0 saturated carbocycles. The van der Waals surface area contributed by atoms with Gasteiger partial charge < -0.3 is 19.3 Å². The molecule has 0 fully saturated rings. The predicted molar refractivity (Wildman–Crippen MR) is 122 cm³/mol. The molecule has 0 spiro atoms. The molecule has 1 N–H and O–H groups in total. The fourth-order valence-electron chi connectivity index (χ4n) is 3.61. The summed E-state index contributed by atoms with van der Waals surface area (Å²) >= 11 is 0. The number of esters is 1. The number of aryl methyl sites for hydroxylation is 1. The number of aromatic nitrogens is 1. The van der Waals surface area contributed by atoms with Gasteiger partial charge in [-0.1, -0.05) is 18.2 Å². The average molecular weight is 467 g/mol. The number of phenols is 1. The summed E-state index contributed by atoms with van der Waals surface area (Å²) in [5.41, 5.74) is 1.71. The van der Waals surface area contributed by atoms with Crippen LogP contribution in [0.5, 0.6) is 5.75 Å². The molecule has 0 unspecified atom stereocenters. The molecule has 1 heterocycles. The van der Waals surface area contributed by atoms with Crippen LogP contribution in [-0.2, 0) is 28.2 Å². The van der Waals surface area contributed by atoms with Gasteiger partial charge in [0.2, 0.25) is 9.84 Å². The number of aromatic hydroxyl groups is 1. The van der Waals surface area contributed by atoms with E-state index in [0.29, 0.717) is 23.3 Å². The molecule has 0 bridgehead atoms. The number of carbonyl (C=O) groups excluding carboxylic acids is 1. The highest BCUT2D eigenvalue weighted by molar-refractivity contribution is 7.91. The SMILES string of the molecule is CCOC(=O)c1c(C)n(C)c2cc(CN(C)C)c(O)c(S(=O)(=O)c3ccccc3)c12.Cl. The molecule has 1 aromatic heterocycles. The quantitative estimate of drug-likeness (QED) is 0.557. The number of ether oxygens (including phenoxy) is 1. The van der Waals surface area contributed by atoms with E-state index in [-0.39, 0.29) is 45.5 Å². The summed E-state index contributed by atoms with van der Waals surface area (Å²) in [6.45, 7) is 3.90. The molecule has 0 amide bonds. The molecule has 7 nitrogen and oxygen atoms in total. The Morgan fingerprint density at radius 2 is 1.81 bits per heavy atom. The number of sulfone groups is 1. The van der Waals surface area contributed by atoms with Gasteiger partial charge in [-0.15, -0.1) is 12.4 Å². The maximum absolute atomic E-state index is 13.6. The second-order valence-corrected chi connectivity index (χ2v) is 9.29. The van der Waals surface area contributed by atoms with Gasteiger partial charge in [0.05, 0.1) is 22.6 Å². The van der Waals surface area contributed by atoms with Crippen molar-refractivity contribution < 1.29 is 23.1 Å². The number of carbonyl (C=O) groups is 1. The summed E-state index contributed by atoms with van der Waals surface area (Å²) in [4.78, 5) is 14.4. The largest absolute Gasteiger partial charge is 0.506 e. The van der Waals surface area contributed by atoms with Crippen LogP contribution in [0.25, 0.3) is 10.9 Å². The number of benzene rings is 2. The van der Waals surface area contributed by atoms with Crippen LogP contribution in [0.2, 0.25) is 0 Å². The van der Waals surface area contributed by atoms with E-state index < -0.39 is 15.8 Å². The Bertz CT molecular complexity index is 1220. The summed E-state index contributed by atoms with van der Waals surface area (Å²) in [6.07, 6.45) is 0. The zero-order valence-corrected chi connectivity index (χ0v) is 19.8. The summed E-state index contributed by atoms with van der Waals surface area (Å²) in [5, 5.41) is 11.3. The number of phenolic OH excluding ortho intramolecular Hbond substituents is 1. The van der Waals surface area contributed by atoms with Crippen molar-refractivity contribution in [2.24, 2.45) is 7.05 Å². The van der Waals surface area contributed by atoms with Crippen LogP contribution in [0.15, 0.2) is 46.2 Å². The van der Waals surface area contributed by atoms with Crippen LogP contribution in [0.4, 0.5) is 0 Å². The number of rotatable bonds is 6. The van der Waals surface area contributed by atoms with Crippen LogP contribution < -0.4 is 0 Å². The van der Waals surface area contributed by atoms with Crippen molar-refractivity contribution in [1.82, 2.24) is 9.47 Å². The lowest BCUT2D eigenvalue weighted by molar-refractivity contribution is 0.0527. The van der Waals surface area contributed by atoms with Crippen LogP contribution in [0.1, 0.15) is 28.5 Å². The summed E-state index contributed by atoms with van der Waals surface area (Å²) < 4.78 is 34.2. The Kier molecular flexibility index (Phi) is 7.41. The van der Waals surface area contributed by atoms with E-state index in [1.54, 1.807) is 49.7 Å². The fourth-order valence-corrected chi connectivity index (χ4v) is 5.23. The van der Waals surface area contributed by atoms with Gasteiger partial charge in [0.1, 0.15) is 10.6 Å². The molecule has 3 aromatic rings. The van der Waals surface area contributed by atoms with Gasteiger partial charge in [0, 0.05) is 30.2 Å². The Morgan fingerprint density at radius 1 is 1.19 bits per heavy atom. The lowest BCUT2D eigenvalue weighted by atomic mass is 10.1. The van der Waals surface area contributed by atoms with Crippen molar-refractivity contribution in [2.45, 2.75) is 30.2 Å². The Balaban J connectivity index is 0.00000341. The van der Waals surface area contributed by atoms with Crippen LogP contribution >= 0.6 is 12.4 Å². The minimum Gasteiger partial charge on any atom is -0.506 e. The predicted octanol–water partition coefficient (Wildman–Crippen LogP) is 3.69. The molecule has 31 heavy (non-hydrogen) atoms. The molecule has 9 heteroatoms. The molecule has 0 aliphatic rings. The van der Waals surface area contributed by atoms with E-state index in [9.17, 15) is 18.3 Å². The maximum atomic E-state index is 13.6. The summed E-state index contributed by atoms with van der Waals surface area (Å²) in [7, 11) is 1.30. The van der Waals surface area contributed by atoms with Gasteiger partial charge in [-0.05, 0) is 46.1 Å². The first-order valence-corrected chi connectivity index (χ1v) is 11.0. The smallest absolute Gasteiger partial charge is 0.340 e. The van der Waals surface area contributed by atoms with Gasteiger partial charge >= 0.3 is 5.97 Å². The molecule has 0 saturated heterocycles. The van der Waals surface area contributed by atoms with Crippen LogP contribution in [0, 0.1) is 6.92 Å². The van der Waals surface area contributed by atoms with E-state index in [0.717, 1.165) is 0 Å². The van der Waals surface area contributed by atoms with E-state index in [1.165, 1.54) is 12.1 Å². The standard InChI is InChI=1S/C22H26N2O5S.ClH/c1-6-29-22(26)18-14(2)24(5)17-12-15(13-23(3)4)20(25)21(19(17)18)30(27,28)16-10-8-7-9-11-16;/h7-12,25H,6,13H2,1-5H3;1H. The fraction of sp³-hybridized carbons (Fsp3) is 0.318. The van der Waals surface area contributed by atoms with Crippen LogP contribution in [0.3, 0.4) is 0 Å². The van der Waals surface area contributed by atoms with E-state index in [1.807, 2.05) is 19.0 Å². The van der Waals surface area contributed by atoms with Crippen molar-refractivity contribution in [3.05, 3.63) is 53.2 Å². The summed E-state index contributed by atoms with van der Waals surface area (Å²) in [5.74, 6) is -0.971. The number of fused-ring (bicyclic) bond motifs is 1.